The van der Waals surface area contributed by atoms with Crippen molar-refractivity contribution in [1.29, 1.82) is 0 Å². The number of ether oxygens (including phenoxy) is 2. The Labute approximate surface area is 194 Å². The van der Waals surface area contributed by atoms with E-state index < -0.39 is 41.1 Å². The summed E-state index contributed by atoms with van der Waals surface area (Å²) in [6, 6.07) is 15.5. The predicted molar refractivity (Wildman–Crippen MR) is 101 cm³/mol. The molecule has 2 aromatic carbocycles. The zero-order valence-electron chi connectivity index (χ0n) is 15.9. The summed E-state index contributed by atoms with van der Waals surface area (Å²) in [6.45, 7) is 2.02. The molecule has 2 N–H and O–H groups in total. The molecule has 1 aliphatic heterocycles. The third-order valence-electron chi connectivity index (χ3n) is 4.58. The number of benzene rings is 2. The molecule has 7 nitrogen and oxygen atoms in total. The Bertz CT molecular complexity index is 873. The van der Waals surface area contributed by atoms with Gasteiger partial charge >= 0.3 is 0 Å². The summed E-state index contributed by atoms with van der Waals surface area (Å²) in [4.78, 5) is -0.00420. The Morgan fingerprint density at radius 2 is 1.79 bits per heavy atom. The first-order chi connectivity index (χ1) is 13.4. The molecule has 3 rings (SSSR count). The van der Waals surface area contributed by atoms with Gasteiger partial charge in [0.25, 0.3) is 10.1 Å². The summed E-state index contributed by atoms with van der Waals surface area (Å²) < 4.78 is 41.2. The van der Waals surface area contributed by atoms with Crippen LogP contribution in [-0.4, -0.2) is 49.7 Å². The molecule has 0 bridgehead atoms. The molecule has 0 aliphatic carbocycles. The van der Waals surface area contributed by atoms with E-state index in [0.717, 1.165) is 17.7 Å². The molecule has 9 heteroatoms. The fraction of sp³-hybridized carbons (Fsp3) is 0.350. The van der Waals surface area contributed by atoms with Crippen LogP contribution >= 0.6 is 0 Å². The first kappa shape index (κ1) is 24.5. The quantitative estimate of drug-likeness (QED) is 0.332. The Morgan fingerprint density at radius 1 is 1.14 bits per heavy atom. The van der Waals surface area contributed by atoms with Crippen LogP contribution in [0.4, 0.5) is 0 Å². The van der Waals surface area contributed by atoms with Crippen LogP contribution in [0.25, 0.3) is 0 Å². The van der Waals surface area contributed by atoms with Crippen LogP contribution in [0.5, 0.6) is 0 Å². The predicted octanol–water partition coefficient (Wildman–Crippen LogP) is 1.57. The maximum Gasteiger partial charge on any atom is 0.297 e. The van der Waals surface area contributed by atoms with Crippen molar-refractivity contribution in [1.82, 2.24) is 0 Å². The van der Waals surface area contributed by atoms with Crippen molar-refractivity contribution in [2.45, 2.75) is 36.2 Å². The van der Waals surface area contributed by atoms with Crippen LogP contribution in [0.3, 0.4) is 0 Å². The van der Waals surface area contributed by atoms with E-state index in [1.165, 1.54) is 12.1 Å². The molecule has 3 atom stereocenters. The van der Waals surface area contributed by atoms with E-state index in [9.17, 15) is 18.6 Å². The second-order valence-electron chi connectivity index (χ2n) is 6.71. The van der Waals surface area contributed by atoms with Gasteiger partial charge in [-0.25, -0.2) is 0 Å². The van der Waals surface area contributed by atoms with Gasteiger partial charge in [-0.1, -0.05) is 48.0 Å². The Morgan fingerprint density at radius 3 is 2.41 bits per heavy atom. The molecule has 0 saturated carbocycles. The van der Waals surface area contributed by atoms with Gasteiger partial charge in [0.2, 0.25) is 0 Å². The molecule has 0 amide bonds. The van der Waals surface area contributed by atoms with Gasteiger partial charge in [0.05, 0.1) is 30.8 Å². The summed E-state index contributed by atoms with van der Waals surface area (Å²) in [7, 11) is -4.06. The van der Waals surface area contributed by atoms with Crippen LogP contribution in [0.15, 0.2) is 59.5 Å². The molecule has 1 unspecified atom stereocenters. The molecule has 1 saturated heterocycles. The van der Waals surface area contributed by atoms with Gasteiger partial charge < -0.3 is 19.7 Å². The second kappa shape index (κ2) is 10.5. The van der Waals surface area contributed by atoms with E-state index in [1.807, 2.05) is 37.3 Å². The van der Waals surface area contributed by atoms with Gasteiger partial charge in [0, 0.05) is 31.1 Å². The minimum Gasteiger partial charge on any atom is -0.540 e. The van der Waals surface area contributed by atoms with E-state index in [-0.39, 0.29) is 42.6 Å². The van der Waals surface area contributed by atoms with Crippen molar-refractivity contribution >= 4 is 10.1 Å². The van der Waals surface area contributed by atoms with Crippen LogP contribution in [0.1, 0.15) is 11.1 Å². The summed E-state index contributed by atoms with van der Waals surface area (Å²) in [5.41, 5.74) is 0.241. The minimum absolute atomic E-state index is 0. The van der Waals surface area contributed by atoms with Crippen molar-refractivity contribution in [3.05, 3.63) is 72.3 Å². The van der Waals surface area contributed by atoms with E-state index in [0.29, 0.717) is 0 Å². The molecular formula is C20H23O7SU-. The van der Waals surface area contributed by atoms with Crippen molar-refractivity contribution in [3.63, 3.8) is 0 Å². The number of aliphatic hydroxyl groups excluding tert-OH is 2. The SMILES string of the molecule is Cc1ccc(S(=O)(=O)OC[C@]2(CO)O[CH-][C@@H](O)C2OCc2ccccc2)cc1.[U]. The molecular weight excluding hydrogens is 622 g/mol. The monoisotopic (exact) mass is 645 g/mol. The molecule has 0 aromatic heterocycles. The van der Waals surface area contributed by atoms with Crippen LogP contribution in [-0.2, 0) is 30.4 Å². The minimum atomic E-state index is -4.06. The summed E-state index contributed by atoms with van der Waals surface area (Å²) in [6.07, 6.45) is -2.13. The van der Waals surface area contributed by atoms with Gasteiger partial charge in [0.1, 0.15) is 5.60 Å². The van der Waals surface area contributed by atoms with E-state index in [1.54, 1.807) is 12.1 Å². The summed E-state index contributed by atoms with van der Waals surface area (Å²) in [5, 5.41) is 20.1. The molecule has 29 heavy (non-hydrogen) atoms. The third kappa shape index (κ3) is 5.90. The Kier molecular flexibility index (Phi) is 8.89. The van der Waals surface area contributed by atoms with Crippen LogP contribution in [0.2, 0.25) is 0 Å². The fourth-order valence-electron chi connectivity index (χ4n) is 2.90. The van der Waals surface area contributed by atoms with Gasteiger partial charge in [-0.15, -0.1) is 0 Å². The fourth-order valence-corrected chi connectivity index (χ4v) is 3.87. The molecule has 0 radical (unpaired) electrons. The molecule has 1 aliphatic rings. The molecule has 0 spiro atoms. The Balaban J connectivity index is 0.00000300. The average Bonchev–Trinajstić information content (AvgIpc) is 3.02. The summed E-state index contributed by atoms with van der Waals surface area (Å²) in [5.74, 6) is 0. The van der Waals surface area contributed by atoms with Crippen LogP contribution in [0, 0.1) is 44.6 Å². The number of hydrogen-bond donors (Lipinski definition) is 2. The topological polar surface area (TPSA) is 102 Å². The zero-order valence-corrected chi connectivity index (χ0v) is 20.9. The molecule has 1 fully saturated rings. The van der Waals surface area contributed by atoms with Gasteiger partial charge in [-0.3, -0.25) is 4.18 Å². The third-order valence-corrected chi connectivity index (χ3v) is 5.86. The second-order valence-corrected chi connectivity index (χ2v) is 8.33. The average molecular weight is 645 g/mol. The molecule has 156 valence electrons. The van der Waals surface area contributed by atoms with Crippen molar-refractivity contribution < 1.29 is 63.4 Å². The van der Waals surface area contributed by atoms with E-state index >= 15 is 0 Å². The van der Waals surface area contributed by atoms with Gasteiger partial charge in [-0.05, 0) is 30.7 Å². The smallest absolute Gasteiger partial charge is 0.297 e. The van der Waals surface area contributed by atoms with Crippen molar-refractivity contribution in [2.75, 3.05) is 13.2 Å². The standard InChI is InChI=1S/C20H23O7S.U/c1-15-7-9-17(10-8-15)28(23,24)27-14-20(13-21)19(18(22)12-26-20)25-11-16-5-3-2-4-6-16;/h2-10,12,18-19,21-22H,11,13-14H2,1H3;/q-1;/t18-,19?,20+;/m1./s1. The first-order valence-electron chi connectivity index (χ1n) is 8.78. The molecule has 2 aromatic rings. The number of aryl methyl sites for hydroxylation is 1. The largest absolute Gasteiger partial charge is 0.540 e. The van der Waals surface area contributed by atoms with Crippen molar-refractivity contribution in [2.24, 2.45) is 0 Å². The van der Waals surface area contributed by atoms with Crippen molar-refractivity contribution in [3.8, 4) is 0 Å². The molecule has 1 heterocycles. The maximum absolute atomic E-state index is 12.5. The zero-order chi connectivity index (χ0) is 20.2. The van der Waals surface area contributed by atoms with Crippen LogP contribution < -0.4 is 0 Å². The maximum atomic E-state index is 12.5. The number of aliphatic hydroxyl groups is 2. The van der Waals surface area contributed by atoms with E-state index in [4.69, 9.17) is 13.7 Å². The number of hydrogen-bond acceptors (Lipinski definition) is 7. The van der Waals surface area contributed by atoms with Gasteiger partial charge in [-0.2, -0.15) is 15.0 Å². The normalized spacial score (nSPS) is 24.2. The first-order valence-corrected chi connectivity index (χ1v) is 10.2. The Hall–Kier alpha value is -0.758. The van der Waals surface area contributed by atoms with Gasteiger partial charge in [0.15, 0.2) is 0 Å². The summed E-state index contributed by atoms with van der Waals surface area (Å²) >= 11 is 0. The number of rotatable bonds is 8. The van der Waals surface area contributed by atoms with E-state index in [2.05, 4.69) is 0 Å².